The molecule has 0 bridgehead atoms. The summed E-state index contributed by atoms with van der Waals surface area (Å²) in [6, 6.07) is 9.03. The maximum absolute atomic E-state index is 12.5. The first-order chi connectivity index (χ1) is 11.9. The summed E-state index contributed by atoms with van der Waals surface area (Å²) in [6.07, 6.45) is 0.800. The maximum atomic E-state index is 12.5. The summed E-state index contributed by atoms with van der Waals surface area (Å²) in [4.78, 5) is 14.6. The van der Waals surface area contributed by atoms with Gasteiger partial charge in [0.25, 0.3) is 0 Å². The van der Waals surface area contributed by atoms with Gasteiger partial charge in [-0.25, -0.2) is 0 Å². The molecule has 6 nitrogen and oxygen atoms in total. The summed E-state index contributed by atoms with van der Waals surface area (Å²) in [7, 11) is 1.64. The van der Waals surface area contributed by atoms with Crippen LogP contribution in [0.25, 0.3) is 0 Å². The highest BCUT2D eigenvalue weighted by Gasteiger charge is 2.35. The number of amides is 1. The molecule has 1 aromatic heterocycles. The zero-order valence-electron chi connectivity index (χ0n) is 14.6. The first kappa shape index (κ1) is 17.8. The van der Waals surface area contributed by atoms with Gasteiger partial charge in [0.1, 0.15) is 11.8 Å². The normalized spacial score (nSPS) is 17.3. The number of hydrogen-bond acceptors (Lipinski definition) is 5. The summed E-state index contributed by atoms with van der Waals surface area (Å²) < 4.78 is 10.6. The third-order valence-electron chi connectivity index (χ3n) is 4.41. The molecule has 1 N–H and O–H groups in total. The lowest BCUT2D eigenvalue weighted by molar-refractivity contribution is -0.118. The number of methoxy groups -OCH3 is 1. The van der Waals surface area contributed by atoms with Gasteiger partial charge in [-0.3, -0.25) is 4.79 Å². The van der Waals surface area contributed by atoms with Crippen LogP contribution in [0.3, 0.4) is 0 Å². The minimum Gasteiger partial charge on any atom is -0.384 e. The fourth-order valence-corrected chi connectivity index (χ4v) is 3.02. The average molecular weight is 364 g/mol. The van der Waals surface area contributed by atoms with E-state index in [1.165, 1.54) is 0 Å². The van der Waals surface area contributed by atoms with Gasteiger partial charge in [0.15, 0.2) is 5.82 Å². The van der Waals surface area contributed by atoms with E-state index in [0.717, 1.165) is 18.7 Å². The van der Waals surface area contributed by atoms with Crippen LogP contribution >= 0.6 is 11.6 Å². The molecule has 25 heavy (non-hydrogen) atoms. The molecule has 0 unspecified atom stereocenters. The molecule has 2 aromatic rings. The second-order valence-corrected chi connectivity index (χ2v) is 7.29. The third-order valence-corrected chi connectivity index (χ3v) is 4.67. The Bertz CT molecular complexity index is 742. The molecule has 0 radical (unpaired) electrons. The van der Waals surface area contributed by atoms with Crippen molar-refractivity contribution in [2.24, 2.45) is 0 Å². The summed E-state index contributed by atoms with van der Waals surface area (Å²) >= 11 is 5.92. The molecular weight excluding hydrogens is 342 g/mol. The van der Waals surface area contributed by atoms with E-state index in [4.69, 9.17) is 20.9 Å². The first-order valence-corrected chi connectivity index (χ1v) is 8.58. The highest BCUT2D eigenvalue weighted by Crippen LogP contribution is 2.29. The Morgan fingerprint density at radius 2 is 2.16 bits per heavy atom. The van der Waals surface area contributed by atoms with Crippen molar-refractivity contribution in [1.29, 1.82) is 0 Å². The van der Waals surface area contributed by atoms with Crippen LogP contribution in [0.5, 0.6) is 0 Å². The number of anilines is 2. The molecule has 7 heteroatoms. The minimum atomic E-state index is -0.309. The molecule has 1 aromatic carbocycles. The molecule has 1 atom stereocenters. The zero-order valence-corrected chi connectivity index (χ0v) is 15.3. The number of hydrogen-bond donors (Lipinski definition) is 1. The summed E-state index contributed by atoms with van der Waals surface area (Å²) in [5.41, 5.74) is 0.675. The molecule has 1 aliphatic heterocycles. The van der Waals surface area contributed by atoms with Crippen LogP contribution in [0.4, 0.5) is 11.5 Å². The summed E-state index contributed by atoms with van der Waals surface area (Å²) in [5, 5.41) is 7.47. The van der Waals surface area contributed by atoms with Crippen molar-refractivity contribution in [2.75, 3.05) is 30.5 Å². The number of ether oxygens (including phenoxy) is 1. The lowest BCUT2D eigenvalue weighted by atomic mass is 9.91. The van der Waals surface area contributed by atoms with Gasteiger partial charge in [-0.05, 0) is 30.7 Å². The van der Waals surface area contributed by atoms with E-state index in [1.807, 2.05) is 43.0 Å². The molecule has 1 aliphatic rings. The molecule has 1 fully saturated rings. The quantitative estimate of drug-likeness (QED) is 0.851. The molecule has 0 aliphatic carbocycles. The van der Waals surface area contributed by atoms with Crippen molar-refractivity contribution >= 4 is 29.0 Å². The molecule has 3 rings (SSSR count). The number of aromatic nitrogens is 1. The zero-order chi connectivity index (χ0) is 18.0. The SMILES string of the molecule is COCC(C)(C)c1cc(NC(=O)[C@@H]2CCN2c2ccc(Cl)cc2)no1. The van der Waals surface area contributed by atoms with Crippen molar-refractivity contribution < 1.29 is 14.1 Å². The predicted octanol–water partition coefficient (Wildman–Crippen LogP) is 3.47. The standard InChI is InChI=1S/C18H22ClN3O3/c1-18(2,11-24-3)15-10-16(21-25-15)20-17(23)14-8-9-22(14)13-6-4-12(19)5-7-13/h4-7,10,14H,8-9,11H2,1-3H3,(H,20,21,23)/t14-/m0/s1. The van der Waals surface area contributed by atoms with Crippen molar-refractivity contribution in [3.8, 4) is 0 Å². The molecule has 1 amide bonds. The van der Waals surface area contributed by atoms with E-state index in [9.17, 15) is 4.79 Å². The Labute approximate surface area is 152 Å². The van der Waals surface area contributed by atoms with Crippen LogP contribution in [0.1, 0.15) is 26.0 Å². The van der Waals surface area contributed by atoms with Crippen LogP contribution in [0.2, 0.25) is 5.02 Å². The van der Waals surface area contributed by atoms with Crippen molar-refractivity contribution in [3.63, 3.8) is 0 Å². The van der Waals surface area contributed by atoms with E-state index in [0.29, 0.717) is 23.2 Å². The van der Waals surface area contributed by atoms with Crippen molar-refractivity contribution in [3.05, 3.63) is 41.1 Å². The van der Waals surface area contributed by atoms with Gasteiger partial charge in [0.2, 0.25) is 5.91 Å². The topological polar surface area (TPSA) is 67.6 Å². The number of rotatable bonds is 6. The fraction of sp³-hybridized carbons (Fsp3) is 0.444. The average Bonchev–Trinajstić information content (AvgIpc) is 2.97. The van der Waals surface area contributed by atoms with E-state index in [-0.39, 0.29) is 17.4 Å². The largest absolute Gasteiger partial charge is 0.384 e. The van der Waals surface area contributed by atoms with Crippen LogP contribution in [0.15, 0.2) is 34.9 Å². The molecule has 2 heterocycles. The lowest BCUT2D eigenvalue weighted by Crippen LogP contribution is -2.54. The lowest BCUT2D eigenvalue weighted by Gasteiger charge is -2.41. The van der Waals surface area contributed by atoms with Gasteiger partial charge in [-0.1, -0.05) is 30.6 Å². The second kappa shape index (κ2) is 7.06. The molecule has 0 spiro atoms. The number of benzene rings is 1. The number of carbonyl (C=O) groups is 1. The van der Waals surface area contributed by atoms with Crippen LogP contribution in [0, 0.1) is 0 Å². The van der Waals surface area contributed by atoms with Crippen LogP contribution in [-0.2, 0) is 14.9 Å². The Balaban J connectivity index is 1.65. The Hall–Kier alpha value is -2.05. The molecular formula is C18H22ClN3O3. The van der Waals surface area contributed by atoms with Crippen molar-refractivity contribution in [1.82, 2.24) is 5.16 Å². The Kier molecular flexibility index (Phi) is 5.01. The highest BCUT2D eigenvalue weighted by molar-refractivity contribution is 6.30. The van der Waals surface area contributed by atoms with E-state index in [1.54, 1.807) is 13.2 Å². The van der Waals surface area contributed by atoms with E-state index < -0.39 is 0 Å². The number of carbonyl (C=O) groups excluding carboxylic acids is 1. The highest BCUT2D eigenvalue weighted by atomic mass is 35.5. The van der Waals surface area contributed by atoms with Crippen LogP contribution in [-0.4, -0.2) is 37.4 Å². The predicted molar refractivity (Wildman–Crippen MR) is 97.2 cm³/mol. The third kappa shape index (κ3) is 3.80. The number of halogens is 1. The van der Waals surface area contributed by atoms with E-state index >= 15 is 0 Å². The molecule has 134 valence electrons. The summed E-state index contributed by atoms with van der Waals surface area (Å²) in [5.74, 6) is 1.01. The van der Waals surface area contributed by atoms with E-state index in [2.05, 4.69) is 10.5 Å². The number of nitrogens with zero attached hydrogens (tertiary/aromatic N) is 2. The Morgan fingerprint density at radius 3 is 2.76 bits per heavy atom. The van der Waals surface area contributed by atoms with Gasteiger partial charge in [-0.2, -0.15) is 0 Å². The molecule has 0 saturated carbocycles. The minimum absolute atomic E-state index is 0.0920. The van der Waals surface area contributed by atoms with Gasteiger partial charge in [0, 0.05) is 35.8 Å². The van der Waals surface area contributed by atoms with Gasteiger partial charge >= 0.3 is 0 Å². The smallest absolute Gasteiger partial charge is 0.248 e. The van der Waals surface area contributed by atoms with Gasteiger partial charge in [0.05, 0.1) is 6.61 Å². The van der Waals surface area contributed by atoms with Gasteiger partial charge < -0.3 is 19.5 Å². The first-order valence-electron chi connectivity index (χ1n) is 8.20. The van der Waals surface area contributed by atoms with Crippen molar-refractivity contribution in [2.45, 2.75) is 31.7 Å². The number of nitrogens with one attached hydrogen (secondary N) is 1. The fourth-order valence-electron chi connectivity index (χ4n) is 2.90. The second-order valence-electron chi connectivity index (χ2n) is 6.86. The Morgan fingerprint density at radius 1 is 1.44 bits per heavy atom. The van der Waals surface area contributed by atoms with Crippen LogP contribution < -0.4 is 10.2 Å². The molecule has 1 saturated heterocycles. The monoisotopic (exact) mass is 363 g/mol. The van der Waals surface area contributed by atoms with Gasteiger partial charge in [-0.15, -0.1) is 0 Å². The summed E-state index contributed by atoms with van der Waals surface area (Å²) in [6.45, 7) is 5.33. The maximum Gasteiger partial charge on any atom is 0.248 e.